The average molecular weight is 517 g/mol. The molecule has 0 saturated carbocycles. The van der Waals surface area contributed by atoms with E-state index < -0.39 is 24.4 Å². The van der Waals surface area contributed by atoms with E-state index >= 15 is 0 Å². The number of hydrogen-bond acceptors (Lipinski definition) is 7. The second-order valence-electron chi connectivity index (χ2n) is 7.70. The molecule has 4 rings (SSSR count). The minimum absolute atomic E-state index is 0.106. The zero-order chi connectivity index (χ0) is 26.3. The summed E-state index contributed by atoms with van der Waals surface area (Å²) in [6.07, 6.45) is -2.93. The topological polar surface area (TPSA) is 114 Å². The van der Waals surface area contributed by atoms with Gasteiger partial charge in [-0.1, -0.05) is 0 Å². The normalized spacial score (nSPS) is 15.7. The van der Waals surface area contributed by atoms with E-state index in [1.807, 2.05) is 4.57 Å². The molecule has 1 fully saturated rings. The fraction of sp³-hybridized carbons (Fsp3) is 0.455. The Bertz CT molecular complexity index is 1150. The number of amides is 1. The molecule has 1 amide bonds. The summed E-state index contributed by atoms with van der Waals surface area (Å²) in [4.78, 5) is 21.6. The largest absolute Gasteiger partial charge is 0.573 e. The van der Waals surface area contributed by atoms with Gasteiger partial charge in [0.1, 0.15) is 23.0 Å². The minimum atomic E-state index is -4.72. The molecule has 0 spiro atoms. The highest BCUT2D eigenvalue weighted by Gasteiger charge is 2.31. The molecule has 9 nitrogen and oxygen atoms in total. The van der Waals surface area contributed by atoms with Crippen LogP contribution in [0, 0.1) is 0 Å². The van der Waals surface area contributed by atoms with E-state index in [2.05, 4.69) is 19.7 Å². The first-order valence-corrected chi connectivity index (χ1v) is 10.8. The Morgan fingerprint density at radius 3 is 2.61 bits per heavy atom. The number of hydrogen-bond donors (Lipinski definition) is 1. The number of halogens is 5. The summed E-state index contributed by atoms with van der Waals surface area (Å²) in [7, 11) is 1.61. The Morgan fingerprint density at radius 1 is 1.28 bits per heavy atom. The zero-order valence-electron chi connectivity index (χ0n) is 19.2. The van der Waals surface area contributed by atoms with Gasteiger partial charge in [0, 0.05) is 32.7 Å². The molecule has 1 atom stereocenters. The molecule has 1 saturated heterocycles. The van der Waals surface area contributed by atoms with Crippen molar-refractivity contribution in [1.82, 2.24) is 19.5 Å². The number of nitrogens with two attached hydrogens (primary N) is 1. The number of imidazole rings is 1. The molecule has 196 valence electrons. The van der Waals surface area contributed by atoms with Gasteiger partial charge in [-0.15, -0.1) is 13.2 Å². The number of carbonyl (C=O) groups is 1. The minimum Gasteiger partial charge on any atom is -0.406 e. The SMILES string of the molecule is COCCn1c(CC2CCCO2)nc2cc(OC(F)(F)F)ccc21.NC(=O)c1cnc(C(F)F)cn1. The molecule has 1 aliphatic heterocycles. The zero-order valence-corrected chi connectivity index (χ0v) is 19.2. The van der Waals surface area contributed by atoms with Crippen LogP contribution in [0.2, 0.25) is 0 Å². The lowest BCUT2D eigenvalue weighted by atomic mass is 10.2. The van der Waals surface area contributed by atoms with E-state index in [4.69, 9.17) is 15.2 Å². The van der Waals surface area contributed by atoms with Crippen LogP contribution in [0.1, 0.15) is 41.3 Å². The van der Waals surface area contributed by atoms with Crippen LogP contribution in [0.15, 0.2) is 30.6 Å². The quantitative estimate of drug-likeness (QED) is 0.452. The molecule has 0 radical (unpaired) electrons. The van der Waals surface area contributed by atoms with Gasteiger partial charge in [-0.2, -0.15) is 0 Å². The van der Waals surface area contributed by atoms with Crippen molar-refractivity contribution < 1.29 is 41.0 Å². The highest BCUT2D eigenvalue weighted by Crippen LogP contribution is 2.28. The van der Waals surface area contributed by atoms with Crippen molar-refractivity contribution >= 4 is 16.9 Å². The van der Waals surface area contributed by atoms with Crippen molar-refractivity contribution in [3.63, 3.8) is 0 Å². The van der Waals surface area contributed by atoms with Crippen LogP contribution in [0.4, 0.5) is 22.0 Å². The third-order valence-corrected chi connectivity index (χ3v) is 5.13. The molecule has 2 N–H and O–H groups in total. The van der Waals surface area contributed by atoms with Crippen molar-refractivity contribution in [2.24, 2.45) is 5.73 Å². The summed E-state index contributed by atoms with van der Waals surface area (Å²) in [5.74, 6) is -0.267. The average Bonchev–Trinajstić information content (AvgIpc) is 3.44. The van der Waals surface area contributed by atoms with Crippen molar-refractivity contribution in [3.05, 3.63) is 47.8 Å². The molecular weight excluding hydrogens is 493 g/mol. The van der Waals surface area contributed by atoms with Crippen LogP contribution in [0.5, 0.6) is 5.75 Å². The number of primary amides is 1. The maximum Gasteiger partial charge on any atom is 0.573 e. The molecule has 0 bridgehead atoms. The predicted octanol–water partition coefficient (Wildman–Crippen LogP) is 3.82. The number of carbonyl (C=O) groups excluding carboxylic acids is 1. The van der Waals surface area contributed by atoms with Gasteiger partial charge in [0.2, 0.25) is 0 Å². The monoisotopic (exact) mass is 517 g/mol. The lowest BCUT2D eigenvalue weighted by Gasteiger charge is -2.12. The van der Waals surface area contributed by atoms with Crippen LogP contribution in [-0.2, 0) is 22.4 Å². The van der Waals surface area contributed by atoms with Crippen LogP contribution in [0.3, 0.4) is 0 Å². The van der Waals surface area contributed by atoms with E-state index in [1.165, 1.54) is 12.1 Å². The highest BCUT2D eigenvalue weighted by atomic mass is 19.4. The first kappa shape index (κ1) is 27.2. The van der Waals surface area contributed by atoms with Crippen molar-refractivity contribution in [3.8, 4) is 5.75 Å². The smallest absolute Gasteiger partial charge is 0.406 e. The Labute approximate surface area is 202 Å². The van der Waals surface area contributed by atoms with Gasteiger partial charge in [-0.25, -0.2) is 18.7 Å². The second kappa shape index (κ2) is 12.0. The summed E-state index contributed by atoms with van der Waals surface area (Å²) in [5, 5.41) is 0. The van der Waals surface area contributed by atoms with Gasteiger partial charge in [0.05, 0.1) is 36.1 Å². The maximum absolute atomic E-state index is 12.4. The molecule has 1 aliphatic rings. The Hall–Kier alpha value is -3.39. The summed E-state index contributed by atoms with van der Waals surface area (Å²) >= 11 is 0. The van der Waals surface area contributed by atoms with Gasteiger partial charge in [0.15, 0.2) is 0 Å². The van der Waals surface area contributed by atoms with Crippen LogP contribution in [0.25, 0.3) is 11.0 Å². The van der Waals surface area contributed by atoms with Crippen molar-refractivity contribution in [1.29, 1.82) is 0 Å². The molecule has 1 unspecified atom stereocenters. The van der Waals surface area contributed by atoms with Gasteiger partial charge in [0.25, 0.3) is 12.3 Å². The van der Waals surface area contributed by atoms with E-state index in [9.17, 15) is 26.7 Å². The molecule has 0 aliphatic carbocycles. The summed E-state index contributed by atoms with van der Waals surface area (Å²) < 4.78 is 77.6. The third kappa shape index (κ3) is 7.55. The molecule has 14 heteroatoms. The van der Waals surface area contributed by atoms with Crippen molar-refractivity contribution in [2.75, 3.05) is 20.3 Å². The Morgan fingerprint density at radius 2 is 2.06 bits per heavy atom. The van der Waals surface area contributed by atoms with Crippen LogP contribution >= 0.6 is 0 Å². The van der Waals surface area contributed by atoms with Crippen LogP contribution < -0.4 is 10.5 Å². The fourth-order valence-corrected chi connectivity index (χ4v) is 3.53. The van der Waals surface area contributed by atoms with Crippen molar-refractivity contribution in [2.45, 2.75) is 44.7 Å². The second-order valence-corrected chi connectivity index (χ2v) is 7.70. The lowest BCUT2D eigenvalue weighted by Crippen LogP contribution is -2.17. The Kier molecular flexibility index (Phi) is 9.09. The number of nitrogens with zero attached hydrogens (tertiary/aromatic N) is 4. The van der Waals surface area contributed by atoms with Gasteiger partial charge in [-0.05, 0) is 25.0 Å². The van der Waals surface area contributed by atoms with Gasteiger partial charge < -0.3 is 24.5 Å². The number of fused-ring (bicyclic) bond motifs is 1. The van der Waals surface area contributed by atoms with E-state index in [0.717, 1.165) is 43.2 Å². The van der Waals surface area contributed by atoms with Gasteiger partial charge in [-0.3, -0.25) is 9.78 Å². The van der Waals surface area contributed by atoms with E-state index in [0.29, 0.717) is 25.1 Å². The van der Waals surface area contributed by atoms with E-state index in [1.54, 1.807) is 13.2 Å². The highest BCUT2D eigenvalue weighted by molar-refractivity contribution is 5.90. The molecule has 1 aromatic carbocycles. The third-order valence-electron chi connectivity index (χ3n) is 5.13. The summed E-state index contributed by atoms with van der Waals surface area (Å²) in [6.45, 7) is 1.81. The summed E-state index contributed by atoms with van der Waals surface area (Å²) in [5.41, 5.74) is 5.45. The number of alkyl halides is 5. The van der Waals surface area contributed by atoms with Crippen LogP contribution in [-0.4, -0.2) is 58.2 Å². The molecule has 2 aromatic heterocycles. The fourth-order valence-electron chi connectivity index (χ4n) is 3.53. The number of rotatable bonds is 8. The molecule has 3 heterocycles. The Balaban J connectivity index is 0.000000253. The molecular formula is C22H24F5N5O4. The summed E-state index contributed by atoms with van der Waals surface area (Å²) in [6, 6.07) is 4.21. The maximum atomic E-state index is 12.4. The lowest BCUT2D eigenvalue weighted by molar-refractivity contribution is -0.274. The number of methoxy groups -OCH3 is 1. The standard InChI is InChI=1S/C16H19F3N2O3.C6H5F2N3O/c1-22-8-6-21-14-5-4-12(24-16(17,18)19)9-13(14)20-15(21)10-11-3-2-7-23-11;7-5(8)3-1-11-4(2-10-3)6(9)12/h4-5,9,11H,2-3,6-8,10H2,1H3;1-2,5H,(H2,9,12). The molecule has 36 heavy (non-hydrogen) atoms. The number of aromatic nitrogens is 4. The first-order chi connectivity index (χ1) is 17.1. The number of benzene rings is 1. The predicted molar refractivity (Wildman–Crippen MR) is 116 cm³/mol. The number of ether oxygens (including phenoxy) is 3. The van der Waals surface area contributed by atoms with E-state index in [-0.39, 0.29) is 17.5 Å². The first-order valence-electron chi connectivity index (χ1n) is 10.8. The van der Waals surface area contributed by atoms with Gasteiger partial charge >= 0.3 is 6.36 Å². The molecule has 3 aromatic rings.